The van der Waals surface area contributed by atoms with E-state index in [1.54, 1.807) is 9.80 Å². The molecule has 7 N–H and O–H groups in total. The summed E-state index contributed by atoms with van der Waals surface area (Å²) in [6.07, 6.45) is 8.63. The SMILES string of the molecule is CC(CCC(=O)O)[C@H]1CCC2C3CC[C@@H]4C[C@@H](NC(=O)CCCCC5(C(CC(=O)O)CC(=O)O)CN(CC(=O)O)CCN(CC(=O)O)C5)CC[C@]4(C)C3C[C@H](O)[C@@]21C. The molecule has 15 heteroatoms. The highest BCUT2D eigenvalue weighted by Crippen LogP contribution is 2.68. The Labute approximate surface area is 342 Å². The van der Waals surface area contributed by atoms with Crippen LogP contribution in [0.15, 0.2) is 0 Å². The zero-order valence-corrected chi connectivity index (χ0v) is 34.8. The molecule has 0 bridgehead atoms. The Balaban J connectivity index is 1.19. The van der Waals surface area contributed by atoms with Crippen LogP contribution in [0.1, 0.15) is 124 Å². The quantitative estimate of drug-likeness (QED) is 0.0889. The molecular weight excluding hydrogens is 750 g/mol. The van der Waals surface area contributed by atoms with Crippen molar-refractivity contribution < 1.29 is 59.4 Å². The van der Waals surface area contributed by atoms with Crippen LogP contribution in [0.3, 0.4) is 0 Å². The summed E-state index contributed by atoms with van der Waals surface area (Å²) in [6.45, 7) is 6.81. The molecule has 1 amide bonds. The summed E-state index contributed by atoms with van der Waals surface area (Å²) >= 11 is 0. The second-order valence-electron chi connectivity index (χ2n) is 19.6. The molecule has 0 aromatic rings. The van der Waals surface area contributed by atoms with E-state index in [1.807, 2.05) is 0 Å². The number of hydrogen-bond donors (Lipinski definition) is 7. The number of aliphatic carboxylic acids is 5. The van der Waals surface area contributed by atoms with E-state index < -0.39 is 60.1 Å². The Morgan fingerprint density at radius 1 is 0.724 bits per heavy atom. The Morgan fingerprint density at radius 2 is 1.34 bits per heavy atom. The second-order valence-corrected chi connectivity index (χ2v) is 19.6. The highest BCUT2D eigenvalue weighted by Gasteiger charge is 2.63. The van der Waals surface area contributed by atoms with Gasteiger partial charge in [0.05, 0.1) is 19.2 Å². The van der Waals surface area contributed by atoms with Crippen LogP contribution in [0.25, 0.3) is 0 Å². The highest BCUT2D eigenvalue weighted by molar-refractivity contribution is 5.76. The number of hydrogen-bond acceptors (Lipinski definition) is 9. The first-order valence-corrected chi connectivity index (χ1v) is 21.8. The Hall–Kier alpha value is -3.30. The van der Waals surface area contributed by atoms with Crippen LogP contribution in [0.4, 0.5) is 0 Å². The van der Waals surface area contributed by atoms with Crippen molar-refractivity contribution in [3.05, 3.63) is 0 Å². The summed E-state index contributed by atoms with van der Waals surface area (Å²) in [6, 6.07) is 0.0321. The lowest BCUT2D eigenvalue weighted by Gasteiger charge is -2.62. The minimum Gasteiger partial charge on any atom is -0.481 e. The average Bonchev–Trinajstić information content (AvgIpc) is 3.39. The number of aliphatic hydroxyl groups excluding tert-OH is 1. The molecule has 4 unspecified atom stereocenters. The number of unbranched alkanes of at least 4 members (excludes halogenated alkanes) is 1. The molecule has 0 aromatic carbocycles. The Kier molecular flexibility index (Phi) is 15.0. The van der Waals surface area contributed by atoms with Gasteiger partial charge in [-0.1, -0.05) is 27.2 Å². The van der Waals surface area contributed by atoms with Crippen molar-refractivity contribution in [2.45, 2.75) is 136 Å². The summed E-state index contributed by atoms with van der Waals surface area (Å²) in [5, 5.41) is 63.3. The van der Waals surface area contributed by atoms with Crippen molar-refractivity contribution >= 4 is 35.8 Å². The lowest BCUT2D eigenvalue weighted by Crippen LogP contribution is -2.59. The lowest BCUT2D eigenvalue weighted by atomic mass is 9.43. The van der Waals surface area contributed by atoms with Crippen molar-refractivity contribution in [2.24, 2.45) is 57.7 Å². The molecule has 1 aliphatic heterocycles. The van der Waals surface area contributed by atoms with E-state index >= 15 is 0 Å². The third-order valence-corrected chi connectivity index (χ3v) is 16.3. The summed E-state index contributed by atoms with van der Waals surface area (Å²) in [7, 11) is 0. The maximum Gasteiger partial charge on any atom is 0.317 e. The Bertz CT molecular complexity index is 1480. The number of amides is 1. The summed E-state index contributed by atoms with van der Waals surface area (Å²) in [4.78, 5) is 75.6. The summed E-state index contributed by atoms with van der Waals surface area (Å²) in [5.41, 5.74) is -1.17. The number of nitrogens with zero attached hydrogens (tertiary/aromatic N) is 2. The zero-order valence-electron chi connectivity index (χ0n) is 34.8. The topological polar surface area (TPSA) is 242 Å². The third-order valence-electron chi connectivity index (χ3n) is 16.3. The Morgan fingerprint density at radius 3 is 1.91 bits per heavy atom. The van der Waals surface area contributed by atoms with Gasteiger partial charge in [-0.2, -0.15) is 0 Å². The van der Waals surface area contributed by atoms with E-state index in [-0.39, 0.29) is 80.8 Å². The van der Waals surface area contributed by atoms with Gasteiger partial charge in [0.25, 0.3) is 0 Å². The maximum absolute atomic E-state index is 13.4. The molecule has 5 fully saturated rings. The fourth-order valence-electron chi connectivity index (χ4n) is 13.5. The fourth-order valence-corrected chi connectivity index (χ4v) is 13.5. The van der Waals surface area contributed by atoms with Crippen molar-refractivity contribution in [3.8, 4) is 0 Å². The lowest BCUT2D eigenvalue weighted by molar-refractivity contribution is -0.170. The predicted molar refractivity (Wildman–Crippen MR) is 212 cm³/mol. The van der Waals surface area contributed by atoms with Gasteiger partial charge in [-0.15, -0.1) is 0 Å². The molecule has 10 atom stereocenters. The molecule has 328 valence electrons. The van der Waals surface area contributed by atoms with E-state index in [0.29, 0.717) is 55.3 Å². The van der Waals surface area contributed by atoms with Crippen LogP contribution in [0.2, 0.25) is 0 Å². The molecule has 0 spiro atoms. The molecule has 15 nitrogen and oxygen atoms in total. The largest absolute Gasteiger partial charge is 0.481 e. The standard InChI is InChI=1S/C43H69N3O12/c1-26(7-12-36(49)50)31-10-11-32-30-9-8-27-18-29(13-15-41(27,2)33(30)21-34(47)42(31,32)3)44-35(48)6-4-5-14-43(28(19-37(51)52)20-38(53)54)24-45(22-39(55)56)16-17-46(25-43)23-40(57)58/h26-34,47H,4-25H2,1-3H3,(H,44,48)(H,49,50)(H,51,52)(H,53,54)(H,55,56)(H,57,58)/t26?,27-,29+,30?,31-,32?,33?,34+,41+,42-/m1/s1. The number of aliphatic hydroxyl groups is 1. The number of carboxylic acid groups (broad SMARTS) is 5. The van der Waals surface area contributed by atoms with Crippen molar-refractivity contribution in [3.63, 3.8) is 0 Å². The normalized spacial score (nSPS) is 34.2. The number of carbonyl (C=O) groups is 6. The van der Waals surface area contributed by atoms with Crippen LogP contribution >= 0.6 is 0 Å². The molecule has 0 radical (unpaired) electrons. The molecule has 4 aliphatic carbocycles. The highest BCUT2D eigenvalue weighted by atomic mass is 16.4. The molecule has 5 aliphatic rings. The van der Waals surface area contributed by atoms with E-state index in [2.05, 4.69) is 26.1 Å². The number of carboxylic acids is 5. The summed E-state index contributed by atoms with van der Waals surface area (Å²) in [5.74, 6) is -3.95. The van der Waals surface area contributed by atoms with Gasteiger partial charge in [0.2, 0.25) is 5.91 Å². The molecular formula is C43H69N3O12. The van der Waals surface area contributed by atoms with Gasteiger partial charge in [-0.3, -0.25) is 38.6 Å². The first-order valence-electron chi connectivity index (χ1n) is 21.8. The van der Waals surface area contributed by atoms with Gasteiger partial charge < -0.3 is 36.0 Å². The van der Waals surface area contributed by atoms with Gasteiger partial charge in [0.15, 0.2) is 0 Å². The number of nitrogens with one attached hydrogen (secondary N) is 1. The van der Waals surface area contributed by atoms with Crippen LogP contribution in [0.5, 0.6) is 0 Å². The van der Waals surface area contributed by atoms with Gasteiger partial charge in [0.1, 0.15) is 0 Å². The second kappa shape index (κ2) is 19.0. The third kappa shape index (κ3) is 10.3. The number of carbonyl (C=O) groups excluding carboxylic acids is 1. The van der Waals surface area contributed by atoms with E-state index in [4.69, 9.17) is 0 Å². The van der Waals surface area contributed by atoms with Crippen LogP contribution in [-0.2, 0) is 28.8 Å². The minimum atomic E-state index is -1.19. The predicted octanol–water partition coefficient (Wildman–Crippen LogP) is 4.50. The van der Waals surface area contributed by atoms with Gasteiger partial charge in [-0.25, -0.2) is 0 Å². The van der Waals surface area contributed by atoms with Crippen molar-refractivity contribution in [1.29, 1.82) is 0 Å². The van der Waals surface area contributed by atoms with Crippen LogP contribution in [0, 0.1) is 57.7 Å². The fraction of sp³-hybridized carbons (Fsp3) is 0.860. The van der Waals surface area contributed by atoms with E-state index in [0.717, 1.165) is 51.4 Å². The first kappa shape index (κ1) is 45.8. The van der Waals surface area contributed by atoms with E-state index in [9.17, 15) is 59.4 Å². The van der Waals surface area contributed by atoms with Gasteiger partial charge in [-0.05, 0) is 128 Å². The minimum absolute atomic E-state index is 0.0321. The molecule has 0 aromatic heterocycles. The number of rotatable bonds is 19. The van der Waals surface area contributed by atoms with Crippen molar-refractivity contribution in [1.82, 2.24) is 15.1 Å². The van der Waals surface area contributed by atoms with Crippen molar-refractivity contribution in [2.75, 3.05) is 39.3 Å². The first-order chi connectivity index (χ1) is 27.3. The van der Waals surface area contributed by atoms with E-state index in [1.165, 1.54) is 0 Å². The van der Waals surface area contributed by atoms with Gasteiger partial charge >= 0.3 is 29.8 Å². The summed E-state index contributed by atoms with van der Waals surface area (Å²) < 4.78 is 0. The molecule has 1 heterocycles. The average molecular weight is 820 g/mol. The van der Waals surface area contributed by atoms with Crippen LogP contribution in [-0.4, -0.2) is 128 Å². The molecule has 5 rings (SSSR count). The molecule has 4 saturated carbocycles. The van der Waals surface area contributed by atoms with Crippen LogP contribution < -0.4 is 5.32 Å². The van der Waals surface area contributed by atoms with Gasteiger partial charge in [0, 0.05) is 57.9 Å². The number of fused-ring (bicyclic) bond motifs is 5. The monoisotopic (exact) mass is 819 g/mol. The maximum atomic E-state index is 13.4. The molecule has 58 heavy (non-hydrogen) atoms. The molecule has 1 saturated heterocycles. The smallest absolute Gasteiger partial charge is 0.317 e. The zero-order chi connectivity index (χ0) is 42.6.